The SMILES string of the molecule is N#Cc1ccc(Oc2nc(Oc3cccc(N=C(N)N)c3)nc3c2NC(=O)C(CCC(N)=O)O3)cc1C(N)=O. The van der Waals surface area contributed by atoms with Crippen molar-refractivity contribution in [3.63, 3.8) is 0 Å². The van der Waals surface area contributed by atoms with Gasteiger partial charge in [-0.15, -0.1) is 0 Å². The molecule has 1 aliphatic heterocycles. The summed E-state index contributed by atoms with van der Waals surface area (Å²) in [6, 6.07) is 12.0. The van der Waals surface area contributed by atoms with Crippen molar-refractivity contribution in [3.8, 4) is 35.3 Å². The molecule has 2 aromatic carbocycles. The van der Waals surface area contributed by atoms with Crippen LogP contribution in [0.3, 0.4) is 0 Å². The zero-order chi connectivity index (χ0) is 28.1. The van der Waals surface area contributed by atoms with Crippen molar-refractivity contribution in [2.45, 2.75) is 18.9 Å². The number of aliphatic imine (C=N–C) groups is 1. The monoisotopic (exact) mass is 531 g/mol. The van der Waals surface area contributed by atoms with Gasteiger partial charge in [0.05, 0.1) is 22.9 Å². The zero-order valence-electron chi connectivity index (χ0n) is 20.1. The molecule has 0 radical (unpaired) electrons. The predicted molar refractivity (Wildman–Crippen MR) is 135 cm³/mol. The first-order chi connectivity index (χ1) is 18.6. The van der Waals surface area contributed by atoms with Gasteiger partial charge in [-0.05, 0) is 30.3 Å². The fourth-order valence-electron chi connectivity index (χ4n) is 3.44. The highest BCUT2D eigenvalue weighted by atomic mass is 16.5. The van der Waals surface area contributed by atoms with Gasteiger partial charge in [-0.2, -0.15) is 15.2 Å². The molecule has 0 fully saturated rings. The summed E-state index contributed by atoms with van der Waals surface area (Å²) in [5, 5.41) is 11.8. The molecule has 0 bridgehead atoms. The van der Waals surface area contributed by atoms with Gasteiger partial charge >= 0.3 is 6.01 Å². The van der Waals surface area contributed by atoms with Crippen LogP contribution in [0, 0.1) is 11.3 Å². The number of amides is 3. The van der Waals surface area contributed by atoms with Crippen molar-refractivity contribution in [1.29, 1.82) is 5.26 Å². The van der Waals surface area contributed by atoms with Gasteiger partial charge in [-0.1, -0.05) is 6.07 Å². The molecular weight excluding hydrogens is 510 g/mol. The smallest absolute Gasteiger partial charge is 0.328 e. The number of nitriles is 1. The molecule has 15 heteroatoms. The molecule has 39 heavy (non-hydrogen) atoms. The van der Waals surface area contributed by atoms with Gasteiger partial charge in [0, 0.05) is 18.9 Å². The van der Waals surface area contributed by atoms with E-state index in [0.29, 0.717) is 5.69 Å². The Bertz CT molecular complexity index is 1550. The Kier molecular flexibility index (Phi) is 7.38. The summed E-state index contributed by atoms with van der Waals surface area (Å²) in [6.45, 7) is 0. The number of nitrogens with zero attached hydrogens (tertiary/aromatic N) is 4. The van der Waals surface area contributed by atoms with Crippen LogP contribution in [0.2, 0.25) is 0 Å². The summed E-state index contributed by atoms with van der Waals surface area (Å²) in [5.74, 6) is -2.21. The van der Waals surface area contributed by atoms with Gasteiger partial charge in [0.15, 0.2) is 17.8 Å². The van der Waals surface area contributed by atoms with E-state index in [2.05, 4.69) is 20.3 Å². The lowest BCUT2D eigenvalue weighted by molar-refractivity contribution is -0.124. The van der Waals surface area contributed by atoms with Crippen molar-refractivity contribution < 1.29 is 28.6 Å². The van der Waals surface area contributed by atoms with Crippen molar-refractivity contribution in [2.75, 3.05) is 5.32 Å². The number of carbonyl (C=O) groups is 3. The van der Waals surface area contributed by atoms with E-state index in [1.54, 1.807) is 18.2 Å². The lowest BCUT2D eigenvalue weighted by Gasteiger charge is -2.26. The van der Waals surface area contributed by atoms with E-state index in [0.717, 1.165) is 0 Å². The van der Waals surface area contributed by atoms with Gasteiger partial charge in [-0.3, -0.25) is 14.4 Å². The molecule has 0 saturated heterocycles. The molecule has 0 spiro atoms. The van der Waals surface area contributed by atoms with E-state index in [-0.39, 0.29) is 64.9 Å². The van der Waals surface area contributed by atoms with Crippen LogP contribution >= 0.6 is 0 Å². The number of carbonyl (C=O) groups excluding carboxylic acids is 3. The number of guanidine groups is 1. The number of primary amides is 2. The summed E-state index contributed by atoms with van der Waals surface area (Å²) in [4.78, 5) is 48.0. The Morgan fingerprint density at radius 1 is 1.08 bits per heavy atom. The van der Waals surface area contributed by atoms with Crippen molar-refractivity contribution in [1.82, 2.24) is 9.97 Å². The second-order valence-electron chi connectivity index (χ2n) is 8.01. The highest BCUT2D eigenvalue weighted by Gasteiger charge is 2.33. The second-order valence-corrected chi connectivity index (χ2v) is 8.01. The van der Waals surface area contributed by atoms with Crippen LogP contribution in [-0.4, -0.2) is 39.8 Å². The highest BCUT2D eigenvalue weighted by Crippen LogP contribution is 2.40. The Hall–Kier alpha value is -5.91. The van der Waals surface area contributed by atoms with Crippen molar-refractivity contribution in [3.05, 3.63) is 53.6 Å². The fraction of sp³-hybridized carbons (Fsp3) is 0.125. The molecule has 4 rings (SSSR count). The molecule has 3 amide bonds. The van der Waals surface area contributed by atoms with Gasteiger partial charge in [0.25, 0.3) is 11.8 Å². The minimum Gasteiger partial charge on any atom is -0.462 e. The second kappa shape index (κ2) is 11.0. The lowest BCUT2D eigenvalue weighted by Crippen LogP contribution is -2.38. The fourth-order valence-corrected chi connectivity index (χ4v) is 3.44. The molecule has 1 aromatic heterocycles. The Morgan fingerprint density at radius 3 is 2.54 bits per heavy atom. The third-order valence-corrected chi connectivity index (χ3v) is 5.15. The maximum Gasteiger partial charge on any atom is 0.328 e. The molecule has 2 heterocycles. The minimum atomic E-state index is -1.08. The molecule has 3 aromatic rings. The maximum atomic E-state index is 12.6. The lowest BCUT2D eigenvalue weighted by atomic mass is 10.1. The van der Waals surface area contributed by atoms with Crippen LogP contribution in [-0.2, 0) is 9.59 Å². The van der Waals surface area contributed by atoms with Crippen molar-refractivity contribution >= 4 is 35.1 Å². The van der Waals surface area contributed by atoms with Crippen LogP contribution in [0.15, 0.2) is 47.5 Å². The maximum absolute atomic E-state index is 12.6. The van der Waals surface area contributed by atoms with Crippen LogP contribution in [0.4, 0.5) is 11.4 Å². The topological polar surface area (TPSA) is 257 Å². The van der Waals surface area contributed by atoms with Crippen LogP contribution < -0.4 is 42.5 Å². The Balaban J connectivity index is 1.74. The van der Waals surface area contributed by atoms with E-state index in [4.69, 9.17) is 37.1 Å². The number of rotatable bonds is 9. The van der Waals surface area contributed by atoms with Crippen LogP contribution in [0.25, 0.3) is 0 Å². The summed E-state index contributed by atoms with van der Waals surface area (Å²) in [6.07, 6.45) is -1.19. The van der Waals surface area contributed by atoms with Gasteiger partial charge in [0.2, 0.25) is 17.7 Å². The van der Waals surface area contributed by atoms with E-state index in [1.165, 1.54) is 24.3 Å². The number of aromatic nitrogens is 2. The number of nitrogens with two attached hydrogens (primary N) is 4. The first kappa shape index (κ1) is 26.2. The zero-order valence-corrected chi connectivity index (χ0v) is 20.1. The first-order valence-electron chi connectivity index (χ1n) is 11.2. The Labute approximate surface area is 220 Å². The van der Waals surface area contributed by atoms with E-state index >= 15 is 0 Å². The molecule has 198 valence electrons. The quantitative estimate of drug-likeness (QED) is 0.191. The normalized spacial score (nSPS) is 13.6. The van der Waals surface area contributed by atoms with E-state index < -0.39 is 23.8 Å². The molecule has 0 aliphatic carbocycles. The number of hydrogen-bond acceptors (Lipinski definition) is 10. The molecule has 1 aliphatic rings. The van der Waals surface area contributed by atoms with Gasteiger partial charge in [-0.25, -0.2) is 4.99 Å². The number of ether oxygens (including phenoxy) is 3. The largest absolute Gasteiger partial charge is 0.462 e. The molecule has 0 saturated carbocycles. The van der Waals surface area contributed by atoms with E-state index in [1.807, 2.05) is 6.07 Å². The standard InChI is InChI=1S/C24H21N9O6/c25-10-11-4-5-14(9-15(11)19(27)35)37-21-18-22(39-16(20(36)31-18)6-7-17(26)34)33-24(32-21)38-13-3-1-2-12(8-13)30-23(28)29/h1-5,8-9,16H,6-7H2,(H2,26,34)(H2,27,35)(H,31,36)(H4,28,29,30). The number of benzene rings is 2. The number of nitrogens with one attached hydrogen (secondary N) is 1. The molecule has 9 N–H and O–H groups in total. The van der Waals surface area contributed by atoms with Crippen LogP contribution in [0.5, 0.6) is 29.3 Å². The summed E-state index contributed by atoms with van der Waals surface area (Å²) in [7, 11) is 0. The molecule has 1 atom stereocenters. The van der Waals surface area contributed by atoms with Gasteiger partial charge in [0.1, 0.15) is 11.5 Å². The predicted octanol–water partition coefficient (Wildman–Crippen LogP) is 0.902. The third-order valence-electron chi connectivity index (χ3n) is 5.15. The summed E-state index contributed by atoms with van der Waals surface area (Å²) in [5.41, 5.74) is 21.7. The van der Waals surface area contributed by atoms with Crippen LogP contribution in [0.1, 0.15) is 28.8 Å². The average Bonchev–Trinajstić information content (AvgIpc) is 2.87. The average molecular weight is 531 g/mol. The molecular formula is C24H21N9O6. The molecule has 15 nitrogen and oxygen atoms in total. The summed E-state index contributed by atoms with van der Waals surface area (Å²) >= 11 is 0. The summed E-state index contributed by atoms with van der Waals surface area (Å²) < 4.78 is 17.3. The molecule has 1 unspecified atom stereocenters. The Morgan fingerprint density at radius 2 is 1.85 bits per heavy atom. The van der Waals surface area contributed by atoms with Gasteiger partial charge < -0.3 is 42.5 Å². The number of anilines is 1. The van der Waals surface area contributed by atoms with E-state index in [9.17, 15) is 19.6 Å². The third kappa shape index (κ3) is 6.27. The number of hydrogen-bond donors (Lipinski definition) is 5. The number of fused-ring (bicyclic) bond motifs is 1. The highest BCUT2D eigenvalue weighted by molar-refractivity contribution is 5.99. The first-order valence-corrected chi connectivity index (χ1v) is 11.2. The van der Waals surface area contributed by atoms with Crippen molar-refractivity contribution in [2.24, 2.45) is 27.9 Å². The minimum absolute atomic E-state index is 0.00482.